The number of rotatable bonds is 6. The predicted molar refractivity (Wildman–Crippen MR) is 73.9 cm³/mol. The van der Waals surface area contributed by atoms with E-state index in [0.717, 1.165) is 63.6 Å². The number of aromatic nitrogens is 2. The van der Waals surface area contributed by atoms with Crippen LogP contribution in [0.15, 0.2) is 4.52 Å². The Morgan fingerprint density at radius 2 is 2.16 bits per heavy atom. The Kier molecular flexibility index (Phi) is 5.30. The van der Waals surface area contributed by atoms with Crippen LogP contribution in [0.3, 0.4) is 0 Å². The maximum Gasteiger partial charge on any atom is 0.226 e. The van der Waals surface area contributed by atoms with E-state index in [4.69, 9.17) is 10.3 Å². The van der Waals surface area contributed by atoms with Crippen molar-refractivity contribution in [2.45, 2.75) is 31.7 Å². The summed E-state index contributed by atoms with van der Waals surface area (Å²) in [6, 6.07) is 0.480. The van der Waals surface area contributed by atoms with Crippen LogP contribution < -0.4 is 5.73 Å². The molecule has 1 aliphatic rings. The Labute approximate surface area is 114 Å². The molecular formula is C13H25N5O. The van der Waals surface area contributed by atoms with E-state index >= 15 is 0 Å². The largest absolute Gasteiger partial charge is 0.339 e. The first-order chi connectivity index (χ1) is 9.19. The maximum atomic E-state index is 5.47. The summed E-state index contributed by atoms with van der Waals surface area (Å²) in [5.41, 5.74) is 5.47. The van der Waals surface area contributed by atoms with Gasteiger partial charge in [0.25, 0.3) is 0 Å². The molecule has 1 fully saturated rings. The summed E-state index contributed by atoms with van der Waals surface area (Å²) < 4.78 is 5.28. The average Bonchev–Trinajstić information content (AvgIpc) is 2.82. The maximum absolute atomic E-state index is 5.47. The third kappa shape index (κ3) is 4.26. The molecule has 1 atom stereocenters. The number of nitrogens with zero attached hydrogens (tertiary/aromatic N) is 4. The number of hydrogen-bond donors (Lipinski definition) is 1. The van der Waals surface area contributed by atoms with Crippen molar-refractivity contribution in [3.63, 3.8) is 0 Å². The van der Waals surface area contributed by atoms with Crippen LogP contribution in [0.5, 0.6) is 0 Å². The summed E-state index contributed by atoms with van der Waals surface area (Å²) in [4.78, 5) is 9.21. The number of aryl methyl sites for hydroxylation is 1. The van der Waals surface area contributed by atoms with Gasteiger partial charge in [-0.05, 0) is 33.5 Å². The molecule has 0 radical (unpaired) electrons. The van der Waals surface area contributed by atoms with E-state index in [1.165, 1.54) is 0 Å². The van der Waals surface area contributed by atoms with Gasteiger partial charge >= 0.3 is 0 Å². The Morgan fingerprint density at radius 3 is 2.95 bits per heavy atom. The van der Waals surface area contributed by atoms with Gasteiger partial charge < -0.3 is 20.1 Å². The number of nitrogens with two attached hydrogens (primary N) is 1. The van der Waals surface area contributed by atoms with Crippen LogP contribution in [0.4, 0.5) is 0 Å². The first kappa shape index (κ1) is 14.4. The second-order valence-corrected chi connectivity index (χ2v) is 5.45. The normalized spacial score (nSPS) is 21.9. The van der Waals surface area contributed by atoms with Gasteiger partial charge in [0.15, 0.2) is 5.82 Å². The first-order valence-corrected chi connectivity index (χ1v) is 7.09. The van der Waals surface area contributed by atoms with Gasteiger partial charge in [0, 0.05) is 38.5 Å². The van der Waals surface area contributed by atoms with E-state index in [1.807, 2.05) is 0 Å². The highest BCUT2D eigenvalue weighted by atomic mass is 16.5. The molecular weight excluding hydrogens is 242 g/mol. The van der Waals surface area contributed by atoms with E-state index < -0.39 is 0 Å². The summed E-state index contributed by atoms with van der Waals surface area (Å²) in [5.74, 6) is 1.57. The molecule has 6 heteroatoms. The molecule has 0 saturated carbocycles. The highest BCUT2D eigenvalue weighted by Gasteiger charge is 2.24. The van der Waals surface area contributed by atoms with Crippen LogP contribution in [-0.4, -0.2) is 66.3 Å². The molecule has 0 aromatic carbocycles. The van der Waals surface area contributed by atoms with Gasteiger partial charge in [-0.2, -0.15) is 4.98 Å². The number of likely N-dealkylation sites (N-methyl/N-ethyl adjacent to an activating group) is 2. The molecule has 0 aliphatic carbocycles. The SMILES string of the molecule is CN1CCN(C)C(Cc2noc(CCCCN)n2)C1. The first-order valence-electron chi connectivity index (χ1n) is 7.09. The zero-order chi connectivity index (χ0) is 13.7. The third-order valence-electron chi connectivity index (χ3n) is 3.75. The van der Waals surface area contributed by atoms with Crippen molar-refractivity contribution in [1.29, 1.82) is 0 Å². The topological polar surface area (TPSA) is 71.4 Å². The van der Waals surface area contributed by atoms with Crippen molar-refractivity contribution >= 4 is 0 Å². The summed E-state index contributed by atoms with van der Waals surface area (Å²) in [7, 11) is 4.33. The minimum absolute atomic E-state index is 0.480. The van der Waals surface area contributed by atoms with Crippen LogP contribution in [0.25, 0.3) is 0 Å². The van der Waals surface area contributed by atoms with Crippen LogP contribution in [-0.2, 0) is 12.8 Å². The highest BCUT2D eigenvalue weighted by molar-refractivity contribution is 4.93. The molecule has 2 N–H and O–H groups in total. The van der Waals surface area contributed by atoms with Gasteiger partial charge in [-0.1, -0.05) is 5.16 Å². The van der Waals surface area contributed by atoms with Crippen LogP contribution in [0.1, 0.15) is 24.6 Å². The average molecular weight is 267 g/mol. The molecule has 1 aliphatic heterocycles. The summed E-state index contributed by atoms with van der Waals surface area (Å²) in [5, 5.41) is 4.09. The second-order valence-electron chi connectivity index (χ2n) is 5.45. The molecule has 6 nitrogen and oxygen atoms in total. The smallest absolute Gasteiger partial charge is 0.226 e. The molecule has 1 aromatic heterocycles. The fraction of sp³-hybridized carbons (Fsp3) is 0.846. The zero-order valence-electron chi connectivity index (χ0n) is 12.0. The van der Waals surface area contributed by atoms with Crippen LogP contribution >= 0.6 is 0 Å². The molecule has 0 bridgehead atoms. The zero-order valence-corrected chi connectivity index (χ0v) is 12.0. The van der Waals surface area contributed by atoms with Crippen molar-refractivity contribution in [3.05, 3.63) is 11.7 Å². The number of unbranched alkanes of at least 4 members (excludes halogenated alkanes) is 1. The summed E-state index contributed by atoms with van der Waals surface area (Å²) in [6.07, 6.45) is 3.73. The van der Waals surface area contributed by atoms with Gasteiger partial charge in [0.2, 0.25) is 5.89 Å². The Bertz CT molecular complexity index is 381. The van der Waals surface area contributed by atoms with Crippen molar-refractivity contribution < 1.29 is 4.52 Å². The molecule has 1 saturated heterocycles. The van der Waals surface area contributed by atoms with Crippen molar-refractivity contribution in [2.24, 2.45) is 5.73 Å². The molecule has 0 spiro atoms. The molecule has 1 unspecified atom stereocenters. The van der Waals surface area contributed by atoms with Gasteiger partial charge in [0.05, 0.1) is 0 Å². The van der Waals surface area contributed by atoms with E-state index in [-0.39, 0.29) is 0 Å². The number of piperazine rings is 1. The molecule has 19 heavy (non-hydrogen) atoms. The lowest BCUT2D eigenvalue weighted by Crippen LogP contribution is -2.50. The van der Waals surface area contributed by atoms with Gasteiger partial charge in [0.1, 0.15) is 0 Å². The third-order valence-corrected chi connectivity index (χ3v) is 3.75. The fourth-order valence-electron chi connectivity index (χ4n) is 2.43. The molecule has 0 amide bonds. The lowest BCUT2D eigenvalue weighted by atomic mass is 10.1. The van der Waals surface area contributed by atoms with Crippen molar-refractivity contribution in [3.8, 4) is 0 Å². The molecule has 2 heterocycles. The Morgan fingerprint density at radius 1 is 1.32 bits per heavy atom. The lowest BCUT2D eigenvalue weighted by molar-refractivity contribution is 0.113. The Balaban J connectivity index is 1.84. The summed E-state index contributed by atoms with van der Waals surface area (Å²) >= 11 is 0. The van der Waals surface area contributed by atoms with E-state index in [1.54, 1.807) is 0 Å². The van der Waals surface area contributed by atoms with Crippen molar-refractivity contribution in [1.82, 2.24) is 19.9 Å². The minimum atomic E-state index is 0.480. The van der Waals surface area contributed by atoms with Crippen LogP contribution in [0, 0.1) is 0 Å². The van der Waals surface area contributed by atoms with Crippen LogP contribution in [0.2, 0.25) is 0 Å². The fourth-order valence-corrected chi connectivity index (χ4v) is 2.43. The minimum Gasteiger partial charge on any atom is -0.339 e. The summed E-state index contributed by atoms with van der Waals surface area (Å²) in [6.45, 7) is 4.01. The monoisotopic (exact) mass is 267 g/mol. The van der Waals surface area contributed by atoms with E-state index in [2.05, 4.69) is 34.0 Å². The van der Waals surface area contributed by atoms with Gasteiger partial charge in [-0.15, -0.1) is 0 Å². The quantitative estimate of drug-likeness (QED) is 0.739. The second kappa shape index (κ2) is 6.98. The standard InChI is InChI=1S/C13H25N5O/c1-17-7-8-18(2)11(10-17)9-12-15-13(19-16-12)5-3-4-6-14/h11H,3-10,14H2,1-2H3. The number of hydrogen-bond acceptors (Lipinski definition) is 6. The molecule has 1 aromatic rings. The predicted octanol–water partition coefficient (Wildman–Crippen LogP) is 0.139. The van der Waals surface area contributed by atoms with Gasteiger partial charge in [-0.25, -0.2) is 0 Å². The van der Waals surface area contributed by atoms with E-state index in [0.29, 0.717) is 6.04 Å². The lowest BCUT2D eigenvalue weighted by Gasteiger charge is -2.37. The van der Waals surface area contributed by atoms with Gasteiger partial charge in [-0.3, -0.25) is 0 Å². The molecule has 2 rings (SSSR count). The van der Waals surface area contributed by atoms with E-state index in [9.17, 15) is 0 Å². The van der Waals surface area contributed by atoms with Crippen molar-refractivity contribution in [2.75, 3.05) is 40.3 Å². The Hall–Kier alpha value is -0.980. The molecule has 108 valence electrons. The highest BCUT2D eigenvalue weighted by Crippen LogP contribution is 2.11.